The number of carbonyl (C=O) groups is 2. The molecule has 0 bridgehead atoms. The number of rotatable bonds is 4. The van der Waals surface area contributed by atoms with Gasteiger partial charge in [-0.2, -0.15) is 0 Å². The van der Waals surface area contributed by atoms with Crippen LogP contribution in [0.2, 0.25) is 0 Å². The summed E-state index contributed by atoms with van der Waals surface area (Å²) in [5.74, 6) is -0.0942. The Balaban J connectivity index is 1.67. The van der Waals surface area contributed by atoms with Gasteiger partial charge in [-0.25, -0.2) is 4.39 Å². The van der Waals surface area contributed by atoms with Gasteiger partial charge in [0.1, 0.15) is 23.7 Å². The van der Waals surface area contributed by atoms with Crippen LogP contribution in [0, 0.1) is 5.82 Å². The summed E-state index contributed by atoms with van der Waals surface area (Å²) in [4.78, 5) is 31.2. The number of carbonyl (C=O) groups excluding carboxylic acids is 2. The van der Waals surface area contributed by atoms with Crippen molar-refractivity contribution in [3.8, 4) is 5.75 Å². The summed E-state index contributed by atoms with van der Waals surface area (Å²) in [6.45, 7) is 9.37. The van der Waals surface area contributed by atoms with Crippen LogP contribution in [-0.2, 0) is 9.59 Å². The second-order valence-corrected chi connectivity index (χ2v) is 7.93. The van der Waals surface area contributed by atoms with Gasteiger partial charge in [0.25, 0.3) is 0 Å². The lowest BCUT2D eigenvalue weighted by atomic mass is 10.1. The first kappa shape index (κ1) is 20.6. The molecule has 7 heteroatoms. The van der Waals surface area contributed by atoms with Gasteiger partial charge in [0.05, 0.1) is 6.54 Å². The van der Waals surface area contributed by atoms with Gasteiger partial charge in [0.15, 0.2) is 0 Å². The fourth-order valence-electron chi connectivity index (χ4n) is 4.08. The van der Waals surface area contributed by atoms with Crippen molar-refractivity contribution < 1.29 is 18.7 Å². The van der Waals surface area contributed by atoms with E-state index in [9.17, 15) is 14.0 Å². The lowest BCUT2D eigenvalue weighted by molar-refractivity contribution is -0.142. The zero-order valence-electron chi connectivity index (χ0n) is 16.9. The summed E-state index contributed by atoms with van der Waals surface area (Å²) in [6, 6.07) is 5.90. The van der Waals surface area contributed by atoms with E-state index in [1.54, 1.807) is 17.0 Å². The number of likely N-dealkylation sites (tertiary alicyclic amines) is 1. The molecule has 2 fully saturated rings. The molecule has 0 saturated carbocycles. The van der Waals surface area contributed by atoms with Crippen LogP contribution < -0.4 is 4.74 Å². The van der Waals surface area contributed by atoms with Crippen molar-refractivity contribution in [2.75, 3.05) is 32.7 Å². The molecule has 154 valence electrons. The third-order valence-electron chi connectivity index (χ3n) is 5.62. The highest BCUT2D eigenvalue weighted by atomic mass is 19.1. The highest BCUT2D eigenvalue weighted by Crippen LogP contribution is 2.25. The first-order valence-electron chi connectivity index (χ1n) is 10.1. The van der Waals surface area contributed by atoms with Crippen LogP contribution in [0.3, 0.4) is 0 Å². The maximum Gasteiger partial charge on any atom is 0.245 e. The van der Waals surface area contributed by atoms with Gasteiger partial charge in [-0.15, -0.1) is 0 Å². The summed E-state index contributed by atoms with van der Waals surface area (Å²) in [5, 5.41) is 0. The first-order valence-corrected chi connectivity index (χ1v) is 10.1. The molecule has 1 aromatic rings. The van der Waals surface area contributed by atoms with E-state index in [1.807, 2.05) is 4.90 Å². The minimum Gasteiger partial charge on any atom is -0.488 e. The first-order chi connectivity index (χ1) is 13.3. The van der Waals surface area contributed by atoms with Crippen LogP contribution in [0.1, 0.15) is 33.6 Å². The Morgan fingerprint density at radius 2 is 1.96 bits per heavy atom. The van der Waals surface area contributed by atoms with Crippen molar-refractivity contribution in [1.29, 1.82) is 0 Å². The van der Waals surface area contributed by atoms with E-state index in [2.05, 4.69) is 18.7 Å². The van der Waals surface area contributed by atoms with Crippen molar-refractivity contribution >= 4 is 11.8 Å². The van der Waals surface area contributed by atoms with Crippen LogP contribution in [0.25, 0.3) is 0 Å². The van der Waals surface area contributed by atoms with Crippen molar-refractivity contribution in [3.63, 3.8) is 0 Å². The number of nitrogens with zero attached hydrogens (tertiary/aromatic N) is 3. The molecule has 2 aliphatic rings. The molecule has 2 amide bonds. The van der Waals surface area contributed by atoms with Crippen LogP contribution >= 0.6 is 0 Å². The summed E-state index contributed by atoms with van der Waals surface area (Å²) < 4.78 is 19.3. The Hall–Kier alpha value is -2.15. The Bertz CT molecular complexity index is 712. The zero-order valence-corrected chi connectivity index (χ0v) is 16.9. The monoisotopic (exact) mass is 391 g/mol. The molecule has 6 nitrogen and oxygen atoms in total. The summed E-state index contributed by atoms with van der Waals surface area (Å²) >= 11 is 0. The average Bonchev–Trinajstić information content (AvgIpc) is 2.90. The second-order valence-electron chi connectivity index (χ2n) is 7.93. The highest BCUT2D eigenvalue weighted by Gasteiger charge is 2.41. The predicted molar refractivity (Wildman–Crippen MR) is 105 cm³/mol. The molecule has 2 saturated heterocycles. The molecule has 1 aromatic carbocycles. The molecule has 2 heterocycles. The number of halogens is 1. The van der Waals surface area contributed by atoms with Crippen LogP contribution in [-0.4, -0.2) is 77.4 Å². The lowest BCUT2D eigenvalue weighted by Crippen LogP contribution is -2.48. The van der Waals surface area contributed by atoms with Crippen LogP contribution in [0.15, 0.2) is 24.3 Å². The number of ether oxygens (including phenoxy) is 1. The third kappa shape index (κ3) is 4.82. The van der Waals surface area contributed by atoms with E-state index >= 15 is 0 Å². The van der Waals surface area contributed by atoms with Gasteiger partial charge < -0.3 is 14.5 Å². The van der Waals surface area contributed by atoms with E-state index in [1.165, 1.54) is 19.1 Å². The molecule has 0 aromatic heterocycles. The summed E-state index contributed by atoms with van der Waals surface area (Å²) in [5.41, 5.74) is 0. The normalized spacial score (nSPS) is 23.8. The third-order valence-corrected chi connectivity index (χ3v) is 5.62. The minimum atomic E-state index is -0.512. The molecule has 2 aliphatic heterocycles. The number of hydrogen-bond donors (Lipinski definition) is 0. The van der Waals surface area contributed by atoms with Gasteiger partial charge >= 0.3 is 0 Å². The van der Waals surface area contributed by atoms with Crippen molar-refractivity contribution in [1.82, 2.24) is 14.7 Å². The molecule has 0 spiro atoms. The molecule has 0 N–H and O–H groups in total. The SMILES string of the molecule is CC(=O)N1CC(Oc2cccc(F)c2)CC1C(=O)N1CCCN(C(C)C)CC1. The van der Waals surface area contributed by atoms with Gasteiger partial charge in [-0.3, -0.25) is 14.5 Å². The maximum absolute atomic E-state index is 13.4. The van der Waals surface area contributed by atoms with Gasteiger partial charge in [0, 0.05) is 51.6 Å². The summed E-state index contributed by atoms with van der Waals surface area (Å²) in [6.07, 6.45) is 1.04. The number of hydrogen-bond acceptors (Lipinski definition) is 4. The van der Waals surface area contributed by atoms with E-state index in [0.29, 0.717) is 37.8 Å². The lowest BCUT2D eigenvalue weighted by Gasteiger charge is -2.29. The van der Waals surface area contributed by atoms with E-state index < -0.39 is 6.04 Å². The Morgan fingerprint density at radius 1 is 1.18 bits per heavy atom. The second kappa shape index (κ2) is 8.90. The molecular formula is C21H30FN3O3. The standard InChI is InChI=1S/C21H30FN3O3/c1-15(2)23-8-5-9-24(11-10-23)21(27)20-13-19(14-25(20)16(3)26)28-18-7-4-6-17(22)12-18/h4,6-7,12,15,19-20H,5,8-11,13-14H2,1-3H3. The van der Waals surface area contributed by atoms with Gasteiger partial charge in [-0.05, 0) is 32.4 Å². The molecule has 2 unspecified atom stereocenters. The molecule has 28 heavy (non-hydrogen) atoms. The number of benzene rings is 1. The Morgan fingerprint density at radius 3 is 2.64 bits per heavy atom. The van der Waals surface area contributed by atoms with Crippen LogP contribution in [0.4, 0.5) is 4.39 Å². The van der Waals surface area contributed by atoms with Crippen molar-refractivity contribution in [3.05, 3.63) is 30.1 Å². The summed E-state index contributed by atoms with van der Waals surface area (Å²) in [7, 11) is 0. The fourth-order valence-corrected chi connectivity index (χ4v) is 4.08. The molecule has 0 radical (unpaired) electrons. The smallest absolute Gasteiger partial charge is 0.245 e. The zero-order chi connectivity index (χ0) is 20.3. The Labute approximate surface area is 166 Å². The molecule has 2 atom stereocenters. The van der Waals surface area contributed by atoms with Crippen LogP contribution in [0.5, 0.6) is 5.75 Å². The van der Waals surface area contributed by atoms with Crippen molar-refractivity contribution in [2.45, 2.75) is 51.8 Å². The highest BCUT2D eigenvalue weighted by molar-refractivity contribution is 5.87. The predicted octanol–water partition coefficient (Wildman–Crippen LogP) is 2.14. The minimum absolute atomic E-state index is 0.00820. The Kier molecular flexibility index (Phi) is 6.54. The topological polar surface area (TPSA) is 53.1 Å². The van der Waals surface area contributed by atoms with Crippen molar-refractivity contribution in [2.24, 2.45) is 0 Å². The average molecular weight is 391 g/mol. The maximum atomic E-state index is 13.4. The van der Waals surface area contributed by atoms with Gasteiger partial charge in [-0.1, -0.05) is 6.07 Å². The molecule has 3 rings (SSSR count). The molecule has 0 aliphatic carbocycles. The van der Waals surface area contributed by atoms with E-state index in [4.69, 9.17) is 4.74 Å². The van der Waals surface area contributed by atoms with E-state index in [-0.39, 0.29) is 23.7 Å². The van der Waals surface area contributed by atoms with E-state index in [0.717, 1.165) is 19.5 Å². The quantitative estimate of drug-likeness (QED) is 0.789. The number of amides is 2. The fraction of sp³-hybridized carbons (Fsp3) is 0.619. The molecular weight excluding hydrogens is 361 g/mol. The largest absolute Gasteiger partial charge is 0.488 e. The van der Waals surface area contributed by atoms with Gasteiger partial charge in [0.2, 0.25) is 11.8 Å².